The fraction of sp³-hybridized carbons (Fsp3) is 0.353. The Labute approximate surface area is 144 Å². The molecule has 7 heteroatoms. The molecule has 2 heterocycles. The zero-order valence-corrected chi connectivity index (χ0v) is 14.6. The highest BCUT2D eigenvalue weighted by Crippen LogP contribution is 2.30. The van der Waals surface area contributed by atoms with Crippen molar-refractivity contribution < 1.29 is 14.4 Å². The first kappa shape index (κ1) is 16.4. The number of benzene rings is 1. The summed E-state index contributed by atoms with van der Waals surface area (Å²) in [6.07, 6.45) is 0.384. The number of para-hydroxylation sites is 1. The standard InChI is InChI=1S/C17H19N3O3S/c1-11-19-12(10-24-11)9-18-16(21)17(2)8-14(20-23-17)13-6-4-5-7-15(13)22-3/h4-7,10H,8-9H2,1-3H3,(H,18,21)/t17-/m1/s1. The van der Waals surface area contributed by atoms with Crippen LogP contribution in [0.4, 0.5) is 0 Å². The SMILES string of the molecule is COc1ccccc1C1=NO[C@@](C)(C(=O)NCc2csc(C)n2)C1. The Morgan fingerprint density at radius 3 is 2.96 bits per heavy atom. The van der Waals surface area contributed by atoms with Crippen molar-refractivity contribution in [2.24, 2.45) is 5.16 Å². The van der Waals surface area contributed by atoms with E-state index in [2.05, 4.69) is 15.5 Å². The van der Waals surface area contributed by atoms with Crippen molar-refractivity contribution in [3.63, 3.8) is 0 Å². The molecule has 1 aromatic heterocycles. The fourth-order valence-electron chi connectivity index (χ4n) is 2.54. The van der Waals surface area contributed by atoms with Gasteiger partial charge in [0.1, 0.15) is 5.75 Å². The van der Waals surface area contributed by atoms with Crippen LogP contribution in [0.1, 0.15) is 29.6 Å². The van der Waals surface area contributed by atoms with Crippen LogP contribution in [0, 0.1) is 6.92 Å². The summed E-state index contributed by atoms with van der Waals surface area (Å²) >= 11 is 1.56. The number of methoxy groups -OCH3 is 1. The Balaban J connectivity index is 1.66. The van der Waals surface area contributed by atoms with E-state index in [-0.39, 0.29) is 5.91 Å². The normalized spacial score (nSPS) is 19.5. The highest BCUT2D eigenvalue weighted by molar-refractivity contribution is 7.09. The summed E-state index contributed by atoms with van der Waals surface area (Å²) in [7, 11) is 1.61. The first-order valence-electron chi connectivity index (χ1n) is 7.59. The topological polar surface area (TPSA) is 72.8 Å². The minimum Gasteiger partial charge on any atom is -0.496 e. The monoisotopic (exact) mass is 345 g/mol. The summed E-state index contributed by atoms with van der Waals surface area (Å²) in [6, 6.07) is 7.56. The van der Waals surface area contributed by atoms with Gasteiger partial charge in [0.2, 0.25) is 5.60 Å². The number of rotatable bonds is 5. The van der Waals surface area contributed by atoms with E-state index in [1.807, 2.05) is 36.6 Å². The number of ether oxygens (including phenoxy) is 1. The second kappa shape index (κ2) is 6.60. The molecule has 1 aliphatic rings. The number of hydrogen-bond acceptors (Lipinski definition) is 6. The van der Waals surface area contributed by atoms with Gasteiger partial charge in [-0.15, -0.1) is 11.3 Å². The average molecular weight is 345 g/mol. The third-order valence-corrected chi connectivity index (χ3v) is 4.68. The molecular weight excluding hydrogens is 326 g/mol. The number of carbonyl (C=O) groups excluding carboxylic acids is 1. The van der Waals surface area contributed by atoms with E-state index in [1.165, 1.54) is 0 Å². The Morgan fingerprint density at radius 2 is 2.25 bits per heavy atom. The van der Waals surface area contributed by atoms with Gasteiger partial charge in [-0.1, -0.05) is 17.3 Å². The number of nitrogens with one attached hydrogen (secondary N) is 1. The van der Waals surface area contributed by atoms with Crippen LogP contribution in [0.2, 0.25) is 0 Å². The maximum absolute atomic E-state index is 12.5. The van der Waals surface area contributed by atoms with Crippen molar-refractivity contribution in [3.05, 3.63) is 45.9 Å². The molecule has 1 atom stereocenters. The van der Waals surface area contributed by atoms with Crippen molar-refractivity contribution in [2.75, 3.05) is 7.11 Å². The lowest BCUT2D eigenvalue weighted by Gasteiger charge is -2.20. The first-order chi connectivity index (χ1) is 11.5. The minimum atomic E-state index is -1.03. The molecule has 0 unspecified atom stereocenters. The first-order valence-corrected chi connectivity index (χ1v) is 8.47. The second-order valence-corrected chi connectivity index (χ2v) is 6.84. The molecule has 1 aromatic carbocycles. The van der Waals surface area contributed by atoms with Gasteiger partial charge in [0, 0.05) is 17.4 Å². The number of carbonyl (C=O) groups is 1. The Kier molecular flexibility index (Phi) is 4.53. The lowest BCUT2D eigenvalue weighted by Crippen LogP contribution is -2.44. The molecular formula is C17H19N3O3S. The molecule has 24 heavy (non-hydrogen) atoms. The van der Waals surface area contributed by atoms with Gasteiger partial charge in [-0.2, -0.15) is 0 Å². The van der Waals surface area contributed by atoms with E-state index in [4.69, 9.17) is 9.57 Å². The van der Waals surface area contributed by atoms with Crippen LogP contribution >= 0.6 is 11.3 Å². The average Bonchev–Trinajstić information content (AvgIpc) is 3.19. The molecule has 6 nitrogen and oxygen atoms in total. The van der Waals surface area contributed by atoms with E-state index in [9.17, 15) is 4.79 Å². The summed E-state index contributed by atoms with van der Waals surface area (Å²) in [4.78, 5) is 22.3. The number of nitrogens with zero attached hydrogens (tertiary/aromatic N) is 2. The zero-order chi connectivity index (χ0) is 17.2. The molecule has 2 aromatic rings. The number of amides is 1. The van der Waals surface area contributed by atoms with E-state index in [0.29, 0.717) is 24.4 Å². The maximum Gasteiger partial charge on any atom is 0.267 e. The molecule has 1 aliphatic heterocycles. The van der Waals surface area contributed by atoms with Gasteiger partial charge in [0.05, 0.1) is 30.1 Å². The van der Waals surface area contributed by atoms with Gasteiger partial charge in [-0.05, 0) is 26.0 Å². The second-order valence-electron chi connectivity index (χ2n) is 5.78. The highest BCUT2D eigenvalue weighted by atomic mass is 32.1. The molecule has 0 aliphatic carbocycles. The molecule has 3 rings (SSSR count). The number of aromatic nitrogens is 1. The summed E-state index contributed by atoms with van der Waals surface area (Å²) in [5, 5.41) is 9.89. The molecule has 0 bridgehead atoms. The molecule has 0 spiro atoms. The Morgan fingerprint density at radius 1 is 1.46 bits per heavy atom. The van der Waals surface area contributed by atoms with Crippen LogP contribution in [-0.4, -0.2) is 29.3 Å². The maximum atomic E-state index is 12.5. The molecule has 0 saturated carbocycles. The van der Waals surface area contributed by atoms with Crippen LogP contribution < -0.4 is 10.1 Å². The van der Waals surface area contributed by atoms with E-state index in [0.717, 1.165) is 16.3 Å². The minimum absolute atomic E-state index is 0.207. The van der Waals surface area contributed by atoms with Gasteiger partial charge in [-0.25, -0.2) is 4.98 Å². The van der Waals surface area contributed by atoms with Crippen LogP contribution in [0.3, 0.4) is 0 Å². The predicted octanol–water partition coefficient (Wildman–Crippen LogP) is 2.66. The van der Waals surface area contributed by atoms with E-state index < -0.39 is 5.60 Å². The molecule has 0 radical (unpaired) electrons. The molecule has 0 fully saturated rings. The predicted molar refractivity (Wildman–Crippen MR) is 92.3 cm³/mol. The van der Waals surface area contributed by atoms with Crippen molar-refractivity contribution in [3.8, 4) is 5.75 Å². The van der Waals surface area contributed by atoms with Gasteiger partial charge < -0.3 is 14.9 Å². The fourth-order valence-corrected chi connectivity index (χ4v) is 3.15. The van der Waals surface area contributed by atoms with Gasteiger partial charge >= 0.3 is 0 Å². The van der Waals surface area contributed by atoms with Crippen LogP contribution in [0.15, 0.2) is 34.8 Å². The molecule has 0 saturated heterocycles. The van der Waals surface area contributed by atoms with Crippen LogP contribution in [0.5, 0.6) is 5.75 Å². The zero-order valence-electron chi connectivity index (χ0n) is 13.8. The summed E-state index contributed by atoms with van der Waals surface area (Å²) in [5.74, 6) is 0.504. The largest absolute Gasteiger partial charge is 0.496 e. The molecule has 126 valence electrons. The van der Waals surface area contributed by atoms with Crippen molar-refractivity contribution in [2.45, 2.75) is 32.4 Å². The van der Waals surface area contributed by atoms with E-state index >= 15 is 0 Å². The third kappa shape index (κ3) is 3.26. The summed E-state index contributed by atoms with van der Waals surface area (Å²) < 4.78 is 5.35. The lowest BCUT2D eigenvalue weighted by molar-refractivity contribution is -0.141. The summed E-state index contributed by atoms with van der Waals surface area (Å²) in [6.45, 7) is 4.05. The smallest absolute Gasteiger partial charge is 0.267 e. The number of aryl methyl sites for hydroxylation is 1. The van der Waals surface area contributed by atoms with Crippen molar-refractivity contribution >= 4 is 23.0 Å². The van der Waals surface area contributed by atoms with Crippen LogP contribution in [-0.2, 0) is 16.2 Å². The van der Waals surface area contributed by atoms with Gasteiger partial charge in [0.15, 0.2) is 0 Å². The van der Waals surface area contributed by atoms with Crippen LogP contribution in [0.25, 0.3) is 0 Å². The number of hydrogen-bond donors (Lipinski definition) is 1. The van der Waals surface area contributed by atoms with Crippen molar-refractivity contribution in [1.29, 1.82) is 0 Å². The van der Waals surface area contributed by atoms with Gasteiger partial charge in [-0.3, -0.25) is 4.79 Å². The lowest BCUT2D eigenvalue weighted by atomic mass is 9.94. The quantitative estimate of drug-likeness (QED) is 0.904. The third-order valence-electron chi connectivity index (χ3n) is 3.86. The highest BCUT2D eigenvalue weighted by Gasteiger charge is 2.42. The Hall–Kier alpha value is -2.41. The van der Waals surface area contributed by atoms with E-state index in [1.54, 1.807) is 25.4 Å². The number of oxime groups is 1. The number of thiazole rings is 1. The molecule has 1 amide bonds. The van der Waals surface area contributed by atoms with Gasteiger partial charge in [0.25, 0.3) is 5.91 Å². The summed E-state index contributed by atoms with van der Waals surface area (Å²) in [5.41, 5.74) is 1.36. The Bertz CT molecular complexity index is 787. The van der Waals surface area contributed by atoms with Crippen molar-refractivity contribution in [1.82, 2.24) is 10.3 Å². The molecule has 1 N–H and O–H groups in total.